The van der Waals surface area contributed by atoms with Crippen LogP contribution in [0, 0.1) is 11.8 Å². The van der Waals surface area contributed by atoms with Crippen molar-refractivity contribution in [3.05, 3.63) is 0 Å². The Bertz CT molecular complexity index is 134. The Morgan fingerprint density at radius 3 is 2.62 bits per heavy atom. The zero-order chi connectivity index (χ0) is 9.68. The molecule has 0 bridgehead atoms. The van der Waals surface area contributed by atoms with Gasteiger partial charge in [-0.25, -0.2) is 0 Å². The Kier molecular flexibility index (Phi) is 4.74. The largest absolute Gasteiger partial charge is 0.385 e. The normalized spacial score (nSPS) is 21.5. The summed E-state index contributed by atoms with van der Waals surface area (Å²) in [5.74, 6) is 1.71. The van der Waals surface area contributed by atoms with Crippen LogP contribution >= 0.6 is 0 Å². The molecule has 0 aliphatic heterocycles. The minimum absolute atomic E-state index is 0.736. The maximum atomic E-state index is 5.11. The summed E-state index contributed by atoms with van der Waals surface area (Å²) in [4.78, 5) is 0. The summed E-state index contributed by atoms with van der Waals surface area (Å²) in [6.45, 7) is 6.53. The summed E-state index contributed by atoms with van der Waals surface area (Å²) >= 11 is 0. The highest BCUT2D eigenvalue weighted by Crippen LogP contribution is 2.36. The molecule has 1 fully saturated rings. The van der Waals surface area contributed by atoms with Crippen LogP contribution in [0.1, 0.15) is 33.1 Å². The van der Waals surface area contributed by atoms with Crippen LogP contribution in [0.2, 0.25) is 0 Å². The number of hydrogen-bond acceptors (Lipinski definition) is 2. The maximum Gasteiger partial charge on any atom is 0.0465 e. The smallest absolute Gasteiger partial charge is 0.0465 e. The molecule has 1 aliphatic rings. The predicted molar refractivity (Wildman–Crippen MR) is 55.8 cm³/mol. The molecule has 0 aromatic carbocycles. The topological polar surface area (TPSA) is 21.3 Å². The Morgan fingerprint density at radius 2 is 2.15 bits per heavy atom. The van der Waals surface area contributed by atoms with Crippen LogP contribution < -0.4 is 5.32 Å². The molecule has 0 saturated heterocycles. The molecule has 2 nitrogen and oxygen atoms in total. The minimum atomic E-state index is 0.736. The summed E-state index contributed by atoms with van der Waals surface area (Å²) in [7, 11) is 1.78. The van der Waals surface area contributed by atoms with E-state index < -0.39 is 0 Å². The molecule has 0 amide bonds. The van der Waals surface area contributed by atoms with E-state index in [-0.39, 0.29) is 0 Å². The number of rotatable bonds is 7. The van der Waals surface area contributed by atoms with Crippen molar-refractivity contribution in [2.24, 2.45) is 11.8 Å². The van der Waals surface area contributed by atoms with Gasteiger partial charge in [-0.05, 0) is 37.6 Å². The van der Waals surface area contributed by atoms with Crippen LogP contribution in [0.3, 0.4) is 0 Å². The Hall–Kier alpha value is -0.0800. The minimum Gasteiger partial charge on any atom is -0.385 e. The SMILES string of the molecule is CCNC(C(C)CCOC)C1CC1. The molecule has 2 atom stereocenters. The third kappa shape index (κ3) is 3.65. The van der Waals surface area contributed by atoms with Gasteiger partial charge in [-0.3, -0.25) is 0 Å². The number of methoxy groups -OCH3 is 1. The van der Waals surface area contributed by atoms with Gasteiger partial charge in [0.05, 0.1) is 0 Å². The summed E-state index contributed by atoms with van der Waals surface area (Å²) in [5.41, 5.74) is 0. The lowest BCUT2D eigenvalue weighted by molar-refractivity contribution is 0.167. The van der Waals surface area contributed by atoms with Gasteiger partial charge < -0.3 is 10.1 Å². The molecule has 1 N–H and O–H groups in total. The Labute approximate surface area is 82.0 Å². The summed E-state index contributed by atoms with van der Waals surface area (Å²) < 4.78 is 5.11. The van der Waals surface area contributed by atoms with Crippen LogP contribution in [0.4, 0.5) is 0 Å². The molecule has 1 rings (SSSR count). The van der Waals surface area contributed by atoms with Crippen molar-refractivity contribution in [1.82, 2.24) is 5.32 Å². The third-order valence-electron chi connectivity index (χ3n) is 2.96. The van der Waals surface area contributed by atoms with E-state index in [0.29, 0.717) is 0 Å². The van der Waals surface area contributed by atoms with Crippen molar-refractivity contribution in [3.63, 3.8) is 0 Å². The van der Waals surface area contributed by atoms with E-state index >= 15 is 0 Å². The molecule has 0 aromatic rings. The van der Waals surface area contributed by atoms with Gasteiger partial charge in [0.2, 0.25) is 0 Å². The first-order valence-corrected chi connectivity index (χ1v) is 5.52. The molecule has 13 heavy (non-hydrogen) atoms. The molecule has 0 heterocycles. The van der Waals surface area contributed by atoms with Crippen molar-refractivity contribution in [2.45, 2.75) is 39.2 Å². The van der Waals surface area contributed by atoms with E-state index in [1.54, 1.807) is 7.11 Å². The van der Waals surface area contributed by atoms with Crippen LogP contribution in [0.25, 0.3) is 0 Å². The quantitative estimate of drug-likeness (QED) is 0.655. The summed E-state index contributed by atoms with van der Waals surface area (Å²) in [6, 6.07) is 0.736. The van der Waals surface area contributed by atoms with Gasteiger partial charge >= 0.3 is 0 Å². The van der Waals surface area contributed by atoms with Gasteiger partial charge in [-0.1, -0.05) is 13.8 Å². The van der Waals surface area contributed by atoms with Gasteiger partial charge in [-0.2, -0.15) is 0 Å². The lowest BCUT2D eigenvalue weighted by Gasteiger charge is -2.24. The fourth-order valence-electron chi connectivity index (χ4n) is 2.01. The van der Waals surface area contributed by atoms with Crippen LogP contribution in [0.5, 0.6) is 0 Å². The van der Waals surface area contributed by atoms with Crippen molar-refractivity contribution < 1.29 is 4.74 Å². The maximum absolute atomic E-state index is 5.11. The second-order valence-corrected chi connectivity index (χ2v) is 4.18. The first-order valence-electron chi connectivity index (χ1n) is 5.52. The summed E-state index contributed by atoms with van der Waals surface area (Å²) in [6.07, 6.45) is 4.04. The van der Waals surface area contributed by atoms with Gasteiger partial charge in [-0.15, -0.1) is 0 Å². The van der Waals surface area contributed by atoms with Crippen LogP contribution in [0.15, 0.2) is 0 Å². The highest BCUT2D eigenvalue weighted by Gasteiger charge is 2.33. The lowest BCUT2D eigenvalue weighted by atomic mass is 9.94. The van der Waals surface area contributed by atoms with E-state index in [9.17, 15) is 0 Å². The zero-order valence-corrected chi connectivity index (χ0v) is 9.18. The molecule has 78 valence electrons. The van der Waals surface area contributed by atoms with Gasteiger partial charge in [0.1, 0.15) is 0 Å². The molecular formula is C11H23NO. The van der Waals surface area contributed by atoms with Crippen molar-refractivity contribution in [3.8, 4) is 0 Å². The Morgan fingerprint density at radius 1 is 1.46 bits per heavy atom. The van der Waals surface area contributed by atoms with E-state index in [1.807, 2.05) is 0 Å². The van der Waals surface area contributed by atoms with E-state index in [4.69, 9.17) is 4.74 Å². The first-order chi connectivity index (χ1) is 6.29. The fraction of sp³-hybridized carbons (Fsp3) is 1.00. The van der Waals surface area contributed by atoms with Gasteiger partial charge in [0.15, 0.2) is 0 Å². The lowest BCUT2D eigenvalue weighted by Crippen LogP contribution is -2.37. The van der Waals surface area contributed by atoms with E-state index in [2.05, 4.69) is 19.2 Å². The number of nitrogens with one attached hydrogen (secondary N) is 1. The summed E-state index contributed by atoms with van der Waals surface area (Å²) in [5, 5.41) is 3.60. The molecular weight excluding hydrogens is 162 g/mol. The molecule has 0 radical (unpaired) electrons. The number of ether oxygens (including phenoxy) is 1. The second-order valence-electron chi connectivity index (χ2n) is 4.18. The molecule has 1 saturated carbocycles. The third-order valence-corrected chi connectivity index (χ3v) is 2.96. The van der Waals surface area contributed by atoms with Crippen molar-refractivity contribution in [1.29, 1.82) is 0 Å². The number of hydrogen-bond donors (Lipinski definition) is 1. The average Bonchev–Trinajstić information content (AvgIpc) is 2.93. The monoisotopic (exact) mass is 185 g/mol. The van der Waals surface area contributed by atoms with Crippen LogP contribution in [-0.4, -0.2) is 26.3 Å². The van der Waals surface area contributed by atoms with E-state index in [0.717, 1.165) is 31.0 Å². The van der Waals surface area contributed by atoms with Crippen molar-refractivity contribution in [2.75, 3.05) is 20.3 Å². The second kappa shape index (κ2) is 5.61. The fourth-order valence-corrected chi connectivity index (χ4v) is 2.01. The van der Waals surface area contributed by atoms with Crippen LogP contribution in [-0.2, 0) is 4.74 Å². The highest BCUT2D eigenvalue weighted by molar-refractivity contribution is 4.89. The standard InChI is InChI=1S/C11H23NO/c1-4-12-11(10-5-6-10)9(2)7-8-13-3/h9-12H,4-8H2,1-3H3. The van der Waals surface area contributed by atoms with Gasteiger partial charge in [0.25, 0.3) is 0 Å². The Balaban J connectivity index is 2.25. The highest BCUT2D eigenvalue weighted by atomic mass is 16.5. The van der Waals surface area contributed by atoms with E-state index in [1.165, 1.54) is 19.3 Å². The predicted octanol–water partition coefficient (Wildman–Crippen LogP) is 2.05. The molecule has 2 heteroatoms. The molecule has 0 aromatic heterocycles. The molecule has 2 unspecified atom stereocenters. The first kappa shape index (κ1) is 11.0. The molecule has 0 spiro atoms. The average molecular weight is 185 g/mol. The molecule has 1 aliphatic carbocycles. The van der Waals surface area contributed by atoms with Crippen molar-refractivity contribution >= 4 is 0 Å². The van der Waals surface area contributed by atoms with Gasteiger partial charge in [0, 0.05) is 19.8 Å². The zero-order valence-electron chi connectivity index (χ0n) is 9.18.